The molecule has 1 saturated carbocycles. The summed E-state index contributed by atoms with van der Waals surface area (Å²) < 4.78 is 127. The van der Waals surface area contributed by atoms with Crippen molar-refractivity contribution in [2.75, 3.05) is 12.9 Å². The molecule has 0 bridgehead atoms. The first-order valence-corrected chi connectivity index (χ1v) is 14.9. The van der Waals surface area contributed by atoms with E-state index < -0.39 is 88.1 Å². The Bertz CT molecular complexity index is 1490. The van der Waals surface area contributed by atoms with E-state index in [-0.39, 0.29) is 16.5 Å². The van der Waals surface area contributed by atoms with Crippen LogP contribution in [0.5, 0.6) is 5.75 Å². The maximum atomic E-state index is 15.3. The SMILES string of the molecule is CS(=O)(=O)NC(=O)C1=C(c2ccc(C3CC3)s2)C[C@](c2ccc(OCCCC(F)(F)F)cc2F)(C(F)(F)F)NC1=O. The Labute approximate surface area is 233 Å². The third-order valence-electron chi connectivity index (χ3n) is 6.46. The second-order valence-corrected chi connectivity index (χ2v) is 12.6. The predicted octanol–water partition coefficient (Wildman–Crippen LogP) is 5.29. The lowest BCUT2D eigenvalue weighted by atomic mass is 9.77. The van der Waals surface area contributed by atoms with Crippen LogP contribution in [0.25, 0.3) is 5.57 Å². The number of sulfonamides is 1. The van der Waals surface area contributed by atoms with Crippen LogP contribution in [-0.4, -0.2) is 45.4 Å². The number of carbonyl (C=O) groups is 2. The number of hydrogen-bond acceptors (Lipinski definition) is 6. The van der Waals surface area contributed by atoms with Crippen molar-refractivity contribution in [3.8, 4) is 5.75 Å². The van der Waals surface area contributed by atoms with Gasteiger partial charge < -0.3 is 10.1 Å². The van der Waals surface area contributed by atoms with Crippen molar-refractivity contribution in [1.29, 1.82) is 0 Å². The van der Waals surface area contributed by atoms with E-state index in [1.165, 1.54) is 6.07 Å². The molecule has 1 aliphatic carbocycles. The zero-order chi connectivity index (χ0) is 30.4. The van der Waals surface area contributed by atoms with Crippen molar-refractivity contribution in [1.82, 2.24) is 10.0 Å². The van der Waals surface area contributed by atoms with Crippen LogP contribution in [0, 0.1) is 5.82 Å². The quantitative estimate of drug-likeness (QED) is 0.223. The maximum absolute atomic E-state index is 15.3. The van der Waals surface area contributed by atoms with E-state index in [2.05, 4.69) is 0 Å². The lowest BCUT2D eigenvalue weighted by Crippen LogP contribution is -2.60. The average molecular weight is 629 g/mol. The van der Waals surface area contributed by atoms with Crippen LogP contribution in [0.3, 0.4) is 0 Å². The molecule has 2 aliphatic rings. The molecule has 0 radical (unpaired) electrons. The van der Waals surface area contributed by atoms with Crippen molar-refractivity contribution < 1.29 is 53.5 Å². The number of nitrogens with one attached hydrogen (secondary N) is 2. The summed E-state index contributed by atoms with van der Waals surface area (Å²) in [5, 5.41) is 1.70. The van der Waals surface area contributed by atoms with Crippen LogP contribution in [-0.2, 0) is 25.2 Å². The van der Waals surface area contributed by atoms with Gasteiger partial charge in [0.1, 0.15) is 17.1 Å². The van der Waals surface area contributed by atoms with Gasteiger partial charge in [0.25, 0.3) is 11.8 Å². The Morgan fingerprint density at radius 1 is 1.15 bits per heavy atom. The largest absolute Gasteiger partial charge is 0.493 e. The number of rotatable bonds is 9. The van der Waals surface area contributed by atoms with E-state index in [1.54, 1.807) is 16.1 Å². The molecule has 0 saturated heterocycles. The van der Waals surface area contributed by atoms with Gasteiger partial charge in [-0.2, -0.15) is 26.3 Å². The molecule has 2 N–H and O–H groups in total. The van der Waals surface area contributed by atoms with E-state index >= 15 is 4.39 Å². The van der Waals surface area contributed by atoms with E-state index in [0.29, 0.717) is 18.4 Å². The molecule has 0 spiro atoms. The number of carbonyl (C=O) groups excluding carboxylic acids is 2. The number of thiophene rings is 1. The fourth-order valence-corrected chi connectivity index (χ4v) is 6.11. The van der Waals surface area contributed by atoms with Gasteiger partial charge in [-0.25, -0.2) is 17.5 Å². The Kier molecular flexibility index (Phi) is 8.21. The number of ether oxygens (including phenoxy) is 1. The Morgan fingerprint density at radius 2 is 1.83 bits per heavy atom. The highest BCUT2D eigenvalue weighted by Gasteiger charge is 2.61. The first kappa shape index (κ1) is 30.8. The molecule has 4 rings (SSSR count). The van der Waals surface area contributed by atoms with Gasteiger partial charge in [-0.3, -0.25) is 9.59 Å². The van der Waals surface area contributed by atoms with E-state index in [0.717, 1.165) is 35.1 Å². The van der Waals surface area contributed by atoms with Crippen LogP contribution >= 0.6 is 11.3 Å². The molecule has 1 fully saturated rings. The molecule has 2 heterocycles. The number of benzene rings is 1. The minimum Gasteiger partial charge on any atom is -0.493 e. The van der Waals surface area contributed by atoms with Crippen molar-refractivity contribution >= 4 is 38.7 Å². The number of hydrogen-bond donors (Lipinski definition) is 2. The van der Waals surface area contributed by atoms with Crippen LogP contribution in [0.2, 0.25) is 0 Å². The molecule has 16 heteroatoms. The Morgan fingerprint density at radius 3 is 2.39 bits per heavy atom. The Balaban J connectivity index is 1.76. The predicted molar refractivity (Wildman–Crippen MR) is 134 cm³/mol. The molecule has 0 unspecified atom stereocenters. The fourth-order valence-electron chi connectivity index (χ4n) is 4.44. The van der Waals surface area contributed by atoms with Crippen LogP contribution in [0.1, 0.15) is 53.3 Å². The summed E-state index contributed by atoms with van der Waals surface area (Å²) >= 11 is 1.05. The molecule has 1 aromatic carbocycles. The monoisotopic (exact) mass is 628 g/mol. The van der Waals surface area contributed by atoms with E-state index in [4.69, 9.17) is 4.74 Å². The van der Waals surface area contributed by atoms with Gasteiger partial charge in [0, 0.05) is 34.2 Å². The number of amides is 2. The van der Waals surface area contributed by atoms with Gasteiger partial charge in [0.15, 0.2) is 5.54 Å². The highest BCUT2D eigenvalue weighted by molar-refractivity contribution is 7.89. The van der Waals surface area contributed by atoms with Gasteiger partial charge in [0.05, 0.1) is 12.9 Å². The molecular weight excluding hydrogens is 605 g/mol. The number of alkyl halides is 6. The third-order valence-corrected chi connectivity index (χ3v) is 8.33. The van der Waals surface area contributed by atoms with Crippen LogP contribution < -0.4 is 14.8 Å². The lowest BCUT2D eigenvalue weighted by molar-refractivity contribution is -0.202. The summed E-state index contributed by atoms with van der Waals surface area (Å²) in [5.41, 5.74) is -5.68. The molecule has 2 amide bonds. The van der Waals surface area contributed by atoms with Gasteiger partial charge >= 0.3 is 12.4 Å². The summed E-state index contributed by atoms with van der Waals surface area (Å²) in [6.45, 7) is -0.479. The minimum absolute atomic E-state index is 0.110. The summed E-state index contributed by atoms with van der Waals surface area (Å²) in [7, 11) is -4.21. The van der Waals surface area contributed by atoms with Gasteiger partial charge in [0.2, 0.25) is 10.0 Å². The highest BCUT2D eigenvalue weighted by atomic mass is 32.2. The Hall–Kier alpha value is -3.14. The van der Waals surface area contributed by atoms with Gasteiger partial charge in [-0.15, -0.1) is 11.3 Å². The van der Waals surface area contributed by atoms with Crippen LogP contribution in [0.4, 0.5) is 30.7 Å². The highest BCUT2D eigenvalue weighted by Crippen LogP contribution is 2.51. The zero-order valence-electron chi connectivity index (χ0n) is 21.2. The molecule has 1 aliphatic heterocycles. The van der Waals surface area contributed by atoms with Crippen molar-refractivity contribution in [2.24, 2.45) is 0 Å². The van der Waals surface area contributed by atoms with Crippen molar-refractivity contribution in [2.45, 2.75) is 55.9 Å². The fraction of sp³-hybridized carbons (Fsp3) is 0.440. The summed E-state index contributed by atoms with van der Waals surface area (Å²) in [4.78, 5) is 26.9. The topological polar surface area (TPSA) is 102 Å². The van der Waals surface area contributed by atoms with Gasteiger partial charge in [-0.1, -0.05) is 0 Å². The third kappa shape index (κ3) is 7.02. The molecule has 224 valence electrons. The summed E-state index contributed by atoms with van der Waals surface area (Å²) in [5.74, 6) is -4.64. The minimum atomic E-state index is -5.32. The first-order chi connectivity index (χ1) is 18.9. The van der Waals surface area contributed by atoms with Gasteiger partial charge in [-0.05, 0) is 55.0 Å². The molecule has 7 nitrogen and oxygen atoms in total. The standard InChI is InChI=1S/C25H23F7N2O5S2/c1-41(37,38)34-22(36)20-15(19-8-7-18(40-19)13-3-4-13)12-23(25(30,31)32,33-21(20)35)16-6-5-14(11-17(16)26)39-10-2-9-24(27,28)29/h5-8,11,13H,2-4,9-10,12H2,1H3,(H,33,35)(H,34,36)/t23-/m0/s1. The first-order valence-electron chi connectivity index (χ1n) is 12.1. The normalized spacial score (nSPS) is 20.1. The number of halogens is 7. The maximum Gasteiger partial charge on any atom is 0.416 e. The second kappa shape index (κ2) is 10.9. The second-order valence-electron chi connectivity index (χ2n) is 9.78. The van der Waals surface area contributed by atoms with Crippen molar-refractivity contribution in [3.63, 3.8) is 0 Å². The van der Waals surface area contributed by atoms with E-state index in [1.807, 2.05) is 0 Å². The molecular formula is C25H23F7N2O5S2. The van der Waals surface area contributed by atoms with Crippen LogP contribution in [0.15, 0.2) is 35.9 Å². The van der Waals surface area contributed by atoms with E-state index in [9.17, 15) is 44.3 Å². The summed E-state index contributed by atoms with van der Waals surface area (Å²) in [6.07, 6.45) is -10.2. The smallest absolute Gasteiger partial charge is 0.416 e. The van der Waals surface area contributed by atoms with Crippen molar-refractivity contribution in [3.05, 3.63) is 57.0 Å². The molecule has 2 aromatic rings. The summed E-state index contributed by atoms with van der Waals surface area (Å²) in [6, 6.07) is 5.26. The zero-order valence-corrected chi connectivity index (χ0v) is 22.8. The molecule has 41 heavy (non-hydrogen) atoms. The molecule has 1 aromatic heterocycles. The average Bonchev–Trinajstić information content (AvgIpc) is 3.55. The molecule has 1 atom stereocenters. The lowest BCUT2D eigenvalue weighted by Gasteiger charge is -2.41.